The van der Waals surface area contributed by atoms with Gasteiger partial charge in [0, 0.05) is 8.04 Å². The van der Waals surface area contributed by atoms with Crippen LogP contribution in [0.2, 0.25) is 0 Å². The van der Waals surface area contributed by atoms with Gasteiger partial charge in [-0.2, -0.15) is 0 Å². The van der Waals surface area contributed by atoms with Crippen LogP contribution in [0.4, 0.5) is 10.1 Å². The molecule has 108 valence electrons. The van der Waals surface area contributed by atoms with Crippen LogP contribution in [0.3, 0.4) is 0 Å². The Morgan fingerprint density at radius 3 is 2.62 bits per heavy atom. The molecule has 2 aromatic carbocycles. The molecular formula is C14H9BrFIN2OS. The largest absolute Gasteiger partial charge is 0.330 e. The minimum absolute atomic E-state index is 0.0425. The molecule has 21 heavy (non-hydrogen) atoms. The number of carbonyl (C=O) groups excluding carboxylic acids is 1. The molecule has 0 aliphatic rings. The zero-order chi connectivity index (χ0) is 15.4. The number of halogens is 3. The first kappa shape index (κ1) is 16.3. The average molecular weight is 479 g/mol. The zero-order valence-corrected chi connectivity index (χ0v) is 15.1. The predicted molar refractivity (Wildman–Crippen MR) is 96.9 cm³/mol. The molecule has 0 fully saturated rings. The van der Waals surface area contributed by atoms with Gasteiger partial charge >= 0.3 is 0 Å². The Hall–Kier alpha value is -1.06. The van der Waals surface area contributed by atoms with E-state index in [2.05, 4.69) is 49.2 Å². The Kier molecular flexibility index (Phi) is 5.65. The number of carbonyl (C=O) groups is 1. The minimum Gasteiger partial charge on any atom is -0.330 e. The van der Waals surface area contributed by atoms with Crippen LogP contribution in [0.1, 0.15) is 10.4 Å². The molecule has 0 saturated carbocycles. The van der Waals surface area contributed by atoms with E-state index in [9.17, 15) is 9.18 Å². The minimum atomic E-state index is -0.463. The highest BCUT2D eigenvalue weighted by Crippen LogP contribution is 2.19. The van der Waals surface area contributed by atoms with Crippen LogP contribution in [0, 0.1) is 9.39 Å². The van der Waals surface area contributed by atoms with Gasteiger partial charge in [-0.15, -0.1) is 0 Å². The molecule has 0 aliphatic heterocycles. The van der Waals surface area contributed by atoms with E-state index < -0.39 is 5.82 Å². The smallest absolute Gasteiger partial charge is 0.258 e. The summed E-state index contributed by atoms with van der Waals surface area (Å²) in [4.78, 5) is 12.1. The van der Waals surface area contributed by atoms with E-state index in [4.69, 9.17) is 12.2 Å². The molecule has 2 rings (SSSR count). The second kappa shape index (κ2) is 7.28. The van der Waals surface area contributed by atoms with Crippen molar-refractivity contribution in [3.05, 3.63) is 61.9 Å². The van der Waals surface area contributed by atoms with Crippen LogP contribution in [-0.2, 0) is 0 Å². The molecule has 1 amide bonds. The molecule has 0 bridgehead atoms. The zero-order valence-electron chi connectivity index (χ0n) is 10.5. The maximum absolute atomic E-state index is 13.7. The predicted octanol–water partition coefficient (Wildman–Crippen LogP) is 4.32. The molecule has 0 spiro atoms. The van der Waals surface area contributed by atoms with E-state index in [-0.39, 0.29) is 16.7 Å². The Morgan fingerprint density at radius 1 is 1.24 bits per heavy atom. The van der Waals surface area contributed by atoms with E-state index in [0.29, 0.717) is 10.0 Å². The highest BCUT2D eigenvalue weighted by Gasteiger charge is 2.12. The summed E-state index contributed by atoms with van der Waals surface area (Å²) in [7, 11) is 0. The molecule has 0 radical (unpaired) electrons. The Labute approximate surface area is 148 Å². The highest BCUT2D eigenvalue weighted by atomic mass is 127. The normalized spacial score (nSPS) is 10.0. The van der Waals surface area contributed by atoms with Crippen LogP contribution in [-0.4, -0.2) is 11.0 Å². The number of thiocarbonyl (C=S) groups is 1. The van der Waals surface area contributed by atoms with E-state index in [1.165, 1.54) is 12.1 Å². The van der Waals surface area contributed by atoms with E-state index in [1.54, 1.807) is 18.2 Å². The summed E-state index contributed by atoms with van der Waals surface area (Å²) in [5, 5.41) is 5.23. The molecule has 0 aliphatic carbocycles. The molecule has 0 heterocycles. The molecule has 0 aromatic heterocycles. The van der Waals surface area contributed by atoms with Gasteiger partial charge in [0.1, 0.15) is 5.82 Å². The SMILES string of the molecule is O=C(NC(=S)Nc1ccc(Br)cc1F)c1ccccc1I. The summed E-state index contributed by atoms with van der Waals surface area (Å²) >= 11 is 10.3. The first-order valence-corrected chi connectivity index (χ1v) is 8.07. The Balaban J connectivity index is 2.05. The van der Waals surface area contributed by atoms with Crippen LogP contribution in [0.25, 0.3) is 0 Å². The molecule has 2 aromatic rings. The van der Waals surface area contributed by atoms with Gasteiger partial charge in [-0.05, 0) is 65.1 Å². The van der Waals surface area contributed by atoms with Crippen molar-refractivity contribution >= 4 is 67.4 Å². The van der Waals surface area contributed by atoms with E-state index >= 15 is 0 Å². The van der Waals surface area contributed by atoms with Crippen LogP contribution in [0.5, 0.6) is 0 Å². The third-order valence-corrected chi connectivity index (χ3v) is 4.16. The van der Waals surface area contributed by atoms with Gasteiger partial charge in [0.15, 0.2) is 5.11 Å². The van der Waals surface area contributed by atoms with Crippen molar-refractivity contribution in [1.82, 2.24) is 5.32 Å². The van der Waals surface area contributed by atoms with Crippen molar-refractivity contribution in [2.45, 2.75) is 0 Å². The van der Waals surface area contributed by atoms with Crippen molar-refractivity contribution in [2.24, 2.45) is 0 Å². The van der Waals surface area contributed by atoms with E-state index in [1.807, 2.05) is 12.1 Å². The molecule has 3 nitrogen and oxygen atoms in total. The van der Waals surface area contributed by atoms with Gasteiger partial charge in [-0.3, -0.25) is 10.1 Å². The lowest BCUT2D eigenvalue weighted by atomic mass is 10.2. The number of anilines is 1. The van der Waals surface area contributed by atoms with E-state index in [0.717, 1.165) is 3.57 Å². The van der Waals surface area contributed by atoms with Crippen molar-refractivity contribution in [1.29, 1.82) is 0 Å². The number of benzene rings is 2. The lowest BCUT2D eigenvalue weighted by Gasteiger charge is -2.11. The van der Waals surface area contributed by atoms with Gasteiger partial charge in [0.2, 0.25) is 0 Å². The lowest BCUT2D eigenvalue weighted by molar-refractivity contribution is 0.0977. The fourth-order valence-electron chi connectivity index (χ4n) is 1.56. The van der Waals surface area contributed by atoms with Gasteiger partial charge < -0.3 is 5.32 Å². The molecule has 0 unspecified atom stereocenters. The monoisotopic (exact) mass is 478 g/mol. The summed E-state index contributed by atoms with van der Waals surface area (Å²) in [6.45, 7) is 0. The summed E-state index contributed by atoms with van der Waals surface area (Å²) in [5.41, 5.74) is 0.713. The molecule has 7 heteroatoms. The Bertz CT molecular complexity index is 711. The summed E-state index contributed by atoms with van der Waals surface area (Å²) in [6, 6.07) is 11.6. The second-order valence-electron chi connectivity index (χ2n) is 4.01. The summed E-state index contributed by atoms with van der Waals surface area (Å²) < 4.78 is 15.1. The molecule has 0 saturated heterocycles. The number of hydrogen-bond acceptors (Lipinski definition) is 2. The third kappa shape index (κ3) is 4.45. The van der Waals surface area contributed by atoms with Gasteiger partial charge in [0.05, 0.1) is 11.3 Å². The second-order valence-corrected chi connectivity index (χ2v) is 6.50. The van der Waals surface area contributed by atoms with Gasteiger partial charge in [0.25, 0.3) is 5.91 Å². The molecule has 0 atom stereocenters. The molecular weight excluding hydrogens is 470 g/mol. The quantitative estimate of drug-likeness (QED) is 0.499. The van der Waals surface area contributed by atoms with Crippen molar-refractivity contribution in [2.75, 3.05) is 5.32 Å². The van der Waals surface area contributed by atoms with Crippen molar-refractivity contribution in [3.8, 4) is 0 Å². The summed E-state index contributed by atoms with van der Waals surface area (Å²) in [5.74, 6) is -0.801. The number of rotatable bonds is 2. The first-order valence-electron chi connectivity index (χ1n) is 5.79. The third-order valence-electron chi connectivity index (χ3n) is 2.52. The summed E-state index contributed by atoms with van der Waals surface area (Å²) in [6.07, 6.45) is 0. The van der Waals surface area contributed by atoms with Gasteiger partial charge in [-0.1, -0.05) is 28.1 Å². The maximum Gasteiger partial charge on any atom is 0.258 e. The fourth-order valence-corrected chi connectivity index (χ4v) is 2.73. The van der Waals surface area contributed by atoms with Gasteiger partial charge in [-0.25, -0.2) is 4.39 Å². The average Bonchev–Trinajstić information content (AvgIpc) is 2.42. The molecule has 2 N–H and O–H groups in total. The van der Waals surface area contributed by atoms with Crippen molar-refractivity contribution in [3.63, 3.8) is 0 Å². The Morgan fingerprint density at radius 2 is 1.95 bits per heavy atom. The van der Waals surface area contributed by atoms with Crippen LogP contribution >= 0.6 is 50.7 Å². The van der Waals surface area contributed by atoms with Crippen molar-refractivity contribution < 1.29 is 9.18 Å². The standard InChI is InChI=1S/C14H9BrFIN2OS/c15-8-5-6-12(10(16)7-8)18-14(21)19-13(20)9-3-1-2-4-11(9)17/h1-7H,(H2,18,19,20,21). The number of hydrogen-bond donors (Lipinski definition) is 2. The van der Waals surface area contributed by atoms with Crippen LogP contribution < -0.4 is 10.6 Å². The maximum atomic E-state index is 13.7. The lowest BCUT2D eigenvalue weighted by Crippen LogP contribution is -2.34. The number of nitrogens with one attached hydrogen (secondary N) is 2. The highest BCUT2D eigenvalue weighted by molar-refractivity contribution is 14.1. The number of amides is 1. The topological polar surface area (TPSA) is 41.1 Å². The first-order chi connectivity index (χ1) is 9.97. The van der Waals surface area contributed by atoms with Crippen LogP contribution in [0.15, 0.2) is 46.9 Å². The fraction of sp³-hybridized carbons (Fsp3) is 0.